The van der Waals surface area contributed by atoms with Crippen LogP contribution in [0.15, 0.2) is 0 Å². The van der Waals surface area contributed by atoms with E-state index in [-0.39, 0.29) is 33.9 Å². The summed E-state index contributed by atoms with van der Waals surface area (Å²) in [6.45, 7) is 17.2. The van der Waals surface area contributed by atoms with E-state index in [1.807, 2.05) is 0 Å². The van der Waals surface area contributed by atoms with Gasteiger partial charge in [-0.15, -0.1) is 0 Å². The highest BCUT2D eigenvalue weighted by molar-refractivity contribution is 5.34. The van der Waals surface area contributed by atoms with Crippen LogP contribution in [0, 0.1) is 56.7 Å². The van der Waals surface area contributed by atoms with E-state index in [1.165, 1.54) is 38.5 Å². The molecule has 5 saturated carbocycles. The molecule has 2 saturated heterocycles. The molecule has 0 aromatic carbocycles. The summed E-state index contributed by atoms with van der Waals surface area (Å²) in [5, 5.41) is 23.4. The predicted octanol–water partition coefficient (Wildman–Crippen LogP) is 5.54. The van der Waals surface area contributed by atoms with Crippen LogP contribution in [0.1, 0.15) is 99.8 Å². The molecule has 0 radical (unpaired) electrons. The fourth-order valence-corrected chi connectivity index (χ4v) is 12.7. The van der Waals surface area contributed by atoms with Crippen molar-refractivity contribution in [1.29, 1.82) is 0 Å². The molecule has 7 rings (SSSR count). The van der Waals surface area contributed by atoms with Gasteiger partial charge in [0.1, 0.15) is 6.10 Å². The first-order chi connectivity index (χ1) is 15.8. The van der Waals surface area contributed by atoms with Gasteiger partial charge in [0.15, 0.2) is 5.79 Å². The van der Waals surface area contributed by atoms with Crippen LogP contribution in [-0.4, -0.2) is 40.4 Å². The fraction of sp³-hybridized carbons (Fsp3) is 1.00. The summed E-state index contributed by atoms with van der Waals surface area (Å²) < 4.78 is 13.8. The molecule has 2 N–H and O–H groups in total. The van der Waals surface area contributed by atoms with Crippen molar-refractivity contribution in [3.8, 4) is 0 Å². The van der Waals surface area contributed by atoms with Gasteiger partial charge < -0.3 is 19.7 Å². The molecule has 4 heteroatoms. The third kappa shape index (κ3) is 2.04. The Morgan fingerprint density at radius 2 is 1.56 bits per heavy atom. The second kappa shape index (κ2) is 6.11. The third-order valence-electron chi connectivity index (χ3n) is 14.5. The van der Waals surface area contributed by atoms with Gasteiger partial charge in [-0.25, -0.2) is 0 Å². The number of fused-ring (bicyclic) bond motifs is 4. The summed E-state index contributed by atoms with van der Waals surface area (Å²) in [6.07, 6.45) is 8.57. The zero-order valence-electron chi connectivity index (χ0n) is 22.6. The molecule has 2 aliphatic heterocycles. The van der Waals surface area contributed by atoms with E-state index in [9.17, 15) is 10.2 Å². The molecule has 0 unspecified atom stereocenters. The molecule has 7 fully saturated rings. The van der Waals surface area contributed by atoms with Gasteiger partial charge in [-0.2, -0.15) is 0 Å². The van der Waals surface area contributed by atoms with Gasteiger partial charge in [0.05, 0.1) is 18.3 Å². The van der Waals surface area contributed by atoms with Gasteiger partial charge >= 0.3 is 0 Å². The maximum absolute atomic E-state index is 12.5. The van der Waals surface area contributed by atoms with Crippen molar-refractivity contribution in [2.24, 2.45) is 56.7 Å². The van der Waals surface area contributed by atoms with Gasteiger partial charge in [-0.3, -0.25) is 0 Å². The van der Waals surface area contributed by atoms with Crippen molar-refractivity contribution in [2.75, 3.05) is 6.61 Å². The number of hydrogen-bond donors (Lipinski definition) is 2. The lowest BCUT2D eigenvalue weighted by molar-refractivity contribution is -0.297. The van der Waals surface area contributed by atoms with Gasteiger partial charge in [0, 0.05) is 11.3 Å². The molecule has 12 atom stereocenters. The van der Waals surface area contributed by atoms with Crippen molar-refractivity contribution < 1.29 is 19.7 Å². The molecule has 2 bridgehead atoms. The predicted molar refractivity (Wildman–Crippen MR) is 131 cm³/mol. The molecule has 0 aromatic heterocycles. The Hall–Kier alpha value is -0.160. The van der Waals surface area contributed by atoms with E-state index >= 15 is 0 Å². The third-order valence-corrected chi connectivity index (χ3v) is 14.5. The summed E-state index contributed by atoms with van der Waals surface area (Å²) in [7, 11) is 0. The highest BCUT2D eigenvalue weighted by Crippen LogP contribution is 2.90. The Morgan fingerprint density at radius 1 is 0.882 bits per heavy atom. The van der Waals surface area contributed by atoms with Crippen molar-refractivity contribution in [3.63, 3.8) is 0 Å². The Labute approximate surface area is 206 Å². The molecule has 0 amide bonds. The number of hydrogen-bond acceptors (Lipinski definition) is 4. The van der Waals surface area contributed by atoms with Crippen LogP contribution in [0.2, 0.25) is 0 Å². The minimum atomic E-state index is -0.835. The second-order valence-electron chi connectivity index (χ2n) is 15.6. The average Bonchev–Trinajstić information content (AvgIpc) is 3.29. The molecule has 3 spiro atoms. The molecule has 0 aromatic rings. The van der Waals surface area contributed by atoms with Crippen LogP contribution < -0.4 is 0 Å². The molecule has 7 aliphatic rings. The molecule has 4 nitrogen and oxygen atoms in total. The Balaban J connectivity index is 1.33. The van der Waals surface area contributed by atoms with Crippen molar-refractivity contribution in [1.82, 2.24) is 0 Å². The summed E-state index contributed by atoms with van der Waals surface area (Å²) >= 11 is 0. The van der Waals surface area contributed by atoms with Gasteiger partial charge in [-0.05, 0) is 96.7 Å². The first-order valence-electron chi connectivity index (χ1n) is 14.5. The smallest absolute Gasteiger partial charge is 0.199 e. The maximum Gasteiger partial charge on any atom is 0.199 e. The highest BCUT2D eigenvalue weighted by atomic mass is 16.8. The first-order valence-corrected chi connectivity index (χ1v) is 14.5. The zero-order valence-corrected chi connectivity index (χ0v) is 22.6. The van der Waals surface area contributed by atoms with Crippen molar-refractivity contribution in [3.05, 3.63) is 0 Å². The number of ether oxygens (including phenoxy) is 2. The second-order valence-corrected chi connectivity index (χ2v) is 15.6. The Bertz CT molecular complexity index is 931. The SMILES string of the molecule is CC(C)[C@@]12CO[C@]3(O1)[C@H](O)[C@]1(C)[C@H]4CC[C@H]5C(C)(C)[C@@H](O)CC[C@]56C[C@]46CC[C@@]1(C)[C@H]3[C@@H](C)C2. The lowest BCUT2D eigenvalue weighted by atomic mass is 9.41. The number of rotatable bonds is 1. The average molecular weight is 473 g/mol. The molecular weight excluding hydrogens is 424 g/mol. The topological polar surface area (TPSA) is 58.9 Å². The van der Waals surface area contributed by atoms with E-state index in [4.69, 9.17) is 9.47 Å². The van der Waals surface area contributed by atoms with Crippen molar-refractivity contribution in [2.45, 2.75) is 123 Å². The number of aliphatic hydroxyl groups is 2. The van der Waals surface area contributed by atoms with E-state index < -0.39 is 11.9 Å². The summed E-state index contributed by atoms with van der Waals surface area (Å²) in [6, 6.07) is 0. The largest absolute Gasteiger partial charge is 0.393 e. The zero-order chi connectivity index (χ0) is 24.3. The quantitative estimate of drug-likeness (QED) is 0.526. The minimum absolute atomic E-state index is 0.00159. The first kappa shape index (κ1) is 23.0. The van der Waals surface area contributed by atoms with Crippen LogP contribution in [0.25, 0.3) is 0 Å². The molecular formula is C30H48O4. The van der Waals surface area contributed by atoms with Crippen LogP contribution in [-0.2, 0) is 9.47 Å². The van der Waals surface area contributed by atoms with Crippen LogP contribution in [0.5, 0.6) is 0 Å². The summed E-state index contributed by atoms with van der Waals surface area (Å²) in [4.78, 5) is 0. The van der Waals surface area contributed by atoms with Crippen LogP contribution in [0.3, 0.4) is 0 Å². The van der Waals surface area contributed by atoms with Crippen LogP contribution in [0.4, 0.5) is 0 Å². The van der Waals surface area contributed by atoms with E-state index in [0.29, 0.717) is 41.1 Å². The molecule has 192 valence electrons. The summed E-state index contributed by atoms with van der Waals surface area (Å²) in [5.41, 5.74) is 0.281. The van der Waals surface area contributed by atoms with E-state index in [2.05, 4.69) is 48.5 Å². The minimum Gasteiger partial charge on any atom is -0.393 e. The van der Waals surface area contributed by atoms with E-state index in [1.54, 1.807) is 0 Å². The fourth-order valence-electron chi connectivity index (χ4n) is 12.7. The highest BCUT2D eigenvalue weighted by Gasteiger charge is 2.88. The van der Waals surface area contributed by atoms with E-state index in [0.717, 1.165) is 12.8 Å². The lowest BCUT2D eigenvalue weighted by Gasteiger charge is -2.63. The van der Waals surface area contributed by atoms with Gasteiger partial charge in [-0.1, -0.05) is 48.5 Å². The van der Waals surface area contributed by atoms with Gasteiger partial charge in [0.25, 0.3) is 0 Å². The Morgan fingerprint density at radius 3 is 2.26 bits per heavy atom. The molecule has 5 aliphatic carbocycles. The normalized spacial score (nSPS) is 65.1. The van der Waals surface area contributed by atoms with Crippen LogP contribution >= 0.6 is 0 Å². The molecule has 2 heterocycles. The lowest BCUT2D eigenvalue weighted by Crippen LogP contribution is -2.60. The Kier molecular flexibility index (Phi) is 4.13. The standard InChI is InChI=1S/C30H48O4/c1-17(2)29-14-18(3)22-25(6)12-13-28-15-27(28)11-10-21(31)24(4,5)19(27)8-9-20(28)26(25,7)23(32)30(22,34-29)33-16-29/h17-23,31-32H,8-16H2,1-7H3/t18-,19-,20+,21-,22+,23+,25-,26-,27-,28+,29+,30+/m0/s1. The monoisotopic (exact) mass is 472 g/mol. The van der Waals surface area contributed by atoms with Gasteiger partial charge in [0.2, 0.25) is 0 Å². The molecule has 34 heavy (non-hydrogen) atoms. The maximum atomic E-state index is 12.5. The van der Waals surface area contributed by atoms with Crippen molar-refractivity contribution >= 4 is 0 Å². The summed E-state index contributed by atoms with van der Waals surface area (Å²) in [5.74, 6) is 1.42. The number of aliphatic hydroxyl groups excluding tert-OH is 2.